The number of H-pyrrole nitrogens is 1. The Balaban J connectivity index is 1.47. The van der Waals surface area contributed by atoms with Gasteiger partial charge in [-0.1, -0.05) is 36.4 Å². The highest BCUT2D eigenvalue weighted by atomic mass is 16.2. The fraction of sp³-hybridized carbons (Fsp3) is 0.200. The molecule has 0 spiro atoms. The van der Waals surface area contributed by atoms with Gasteiger partial charge in [-0.15, -0.1) is 0 Å². The number of carbonyl (C=O) groups excluding carboxylic acids is 2. The fourth-order valence-electron chi connectivity index (χ4n) is 3.32. The molecule has 2 heterocycles. The Kier molecular flexibility index (Phi) is 4.42. The van der Waals surface area contributed by atoms with Crippen molar-refractivity contribution in [1.29, 1.82) is 0 Å². The number of hydrogen-bond donors (Lipinski definition) is 1. The minimum Gasteiger partial charge on any atom is -0.335 e. The van der Waals surface area contributed by atoms with E-state index in [1.807, 2.05) is 42.5 Å². The standard InChI is InChI=1S/C20H18N4O3/c25-18-9-8-17(21-22-18)20(27)24-12-10-23(11-13-24)19(26)16-7-3-5-14-4-1-2-6-15(14)16/h1-9H,10-13H2,(H,22,25). The fourth-order valence-corrected chi connectivity index (χ4v) is 3.32. The molecule has 0 atom stereocenters. The summed E-state index contributed by atoms with van der Waals surface area (Å²) in [7, 11) is 0. The van der Waals surface area contributed by atoms with Crippen molar-refractivity contribution in [2.24, 2.45) is 0 Å². The predicted octanol–water partition coefficient (Wildman–Crippen LogP) is 1.52. The van der Waals surface area contributed by atoms with E-state index >= 15 is 0 Å². The summed E-state index contributed by atoms with van der Waals surface area (Å²) in [5.74, 6) is -0.274. The lowest BCUT2D eigenvalue weighted by Crippen LogP contribution is -2.50. The first kappa shape index (κ1) is 17.0. The largest absolute Gasteiger partial charge is 0.335 e. The molecular formula is C20H18N4O3. The summed E-state index contributed by atoms with van der Waals surface area (Å²) >= 11 is 0. The molecule has 7 heteroatoms. The number of rotatable bonds is 2. The second-order valence-corrected chi connectivity index (χ2v) is 6.42. The Hall–Kier alpha value is -3.48. The van der Waals surface area contributed by atoms with Crippen molar-refractivity contribution in [3.05, 3.63) is 76.2 Å². The van der Waals surface area contributed by atoms with Crippen LogP contribution in [-0.4, -0.2) is 58.0 Å². The molecule has 2 amide bonds. The van der Waals surface area contributed by atoms with Gasteiger partial charge >= 0.3 is 0 Å². The average molecular weight is 362 g/mol. The monoisotopic (exact) mass is 362 g/mol. The van der Waals surface area contributed by atoms with Crippen molar-refractivity contribution in [3.8, 4) is 0 Å². The second-order valence-electron chi connectivity index (χ2n) is 6.42. The van der Waals surface area contributed by atoms with Crippen LogP contribution in [0.3, 0.4) is 0 Å². The maximum absolute atomic E-state index is 13.0. The maximum atomic E-state index is 13.0. The van der Waals surface area contributed by atoms with Crippen LogP contribution in [0.1, 0.15) is 20.8 Å². The third kappa shape index (κ3) is 3.31. The number of fused-ring (bicyclic) bond motifs is 1. The molecule has 1 N–H and O–H groups in total. The van der Waals surface area contributed by atoms with Crippen molar-refractivity contribution in [2.75, 3.05) is 26.2 Å². The van der Waals surface area contributed by atoms with Gasteiger partial charge in [0.2, 0.25) is 0 Å². The molecule has 0 aliphatic carbocycles. The van der Waals surface area contributed by atoms with E-state index in [0.717, 1.165) is 10.8 Å². The maximum Gasteiger partial charge on any atom is 0.274 e. The quantitative estimate of drug-likeness (QED) is 0.749. The van der Waals surface area contributed by atoms with Crippen LogP contribution >= 0.6 is 0 Å². The van der Waals surface area contributed by atoms with E-state index in [1.165, 1.54) is 12.1 Å². The van der Waals surface area contributed by atoms with Gasteiger partial charge in [-0.05, 0) is 22.9 Å². The highest BCUT2D eigenvalue weighted by molar-refractivity contribution is 6.07. The second kappa shape index (κ2) is 7.03. The van der Waals surface area contributed by atoms with Crippen LogP contribution in [0, 0.1) is 0 Å². The third-order valence-electron chi connectivity index (χ3n) is 4.77. The Morgan fingerprint density at radius 1 is 0.815 bits per heavy atom. The Labute approximate surface area is 155 Å². The third-order valence-corrected chi connectivity index (χ3v) is 4.77. The molecule has 7 nitrogen and oxygen atoms in total. The molecule has 0 radical (unpaired) electrons. The number of aromatic nitrogens is 2. The minimum atomic E-state index is -0.350. The van der Waals surface area contributed by atoms with Gasteiger partial charge in [0.15, 0.2) is 0 Å². The van der Waals surface area contributed by atoms with Crippen LogP contribution in [0.5, 0.6) is 0 Å². The molecular weight excluding hydrogens is 344 g/mol. The molecule has 27 heavy (non-hydrogen) atoms. The molecule has 1 aliphatic rings. The molecule has 1 fully saturated rings. The van der Waals surface area contributed by atoms with E-state index in [1.54, 1.807) is 9.80 Å². The number of nitrogens with zero attached hydrogens (tertiary/aromatic N) is 3. The number of nitrogens with one attached hydrogen (secondary N) is 1. The Morgan fingerprint density at radius 2 is 1.48 bits per heavy atom. The topological polar surface area (TPSA) is 86.4 Å². The summed E-state index contributed by atoms with van der Waals surface area (Å²) in [6, 6.07) is 16.2. The van der Waals surface area contributed by atoms with Gasteiger partial charge in [-0.2, -0.15) is 5.10 Å². The summed E-state index contributed by atoms with van der Waals surface area (Å²) in [6.45, 7) is 1.76. The first-order valence-electron chi connectivity index (χ1n) is 8.75. The molecule has 0 unspecified atom stereocenters. The zero-order valence-corrected chi connectivity index (χ0v) is 14.6. The number of aromatic amines is 1. The minimum absolute atomic E-state index is 0.0268. The summed E-state index contributed by atoms with van der Waals surface area (Å²) in [4.78, 5) is 39.9. The Morgan fingerprint density at radius 3 is 2.19 bits per heavy atom. The SMILES string of the molecule is O=C(c1ccc(=O)[nH]n1)N1CCN(C(=O)c2cccc3ccccc23)CC1. The summed E-state index contributed by atoms with van der Waals surface area (Å²) in [6.07, 6.45) is 0. The molecule has 0 saturated carbocycles. The van der Waals surface area contributed by atoms with Crippen molar-refractivity contribution in [1.82, 2.24) is 20.0 Å². The first-order valence-corrected chi connectivity index (χ1v) is 8.75. The van der Waals surface area contributed by atoms with E-state index in [4.69, 9.17) is 0 Å². The highest BCUT2D eigenvalue weighted by Gasteiger charge is 2.26. The number of piperazine rings is 1. The van der Waals surface area contributed by atoms with E-state index in [-0.39, 0.29) is 23.1 Å². The van der Waals surface area contributed by atoms with Crippen molar-refractivity contribution < 1.29 is 9.59 Å². The van der Waals surface area contributed by atoms with E-state index < -0.39 is 0 Å². The smallest absolute Gasteiger partial charge is 0.274 e. The van der Waals surface area contributed by atoms with Crippen LogP contribution in [-0.2, 0) is 0 Å². The molecule has 4 rings (SSSR count). The van der Waals surface area contributed by atoms with Crippen molar-refractivity contribution in [3.63, 3.8) is 0 Å². The number of amides is 2. The van der Waals surface area contributed by atoms with Gasteiger partial charge in [0.25, 0.3) is 17.4 Å². The van der Waals surface area contributed by atoms with Gasteiger partial charge in [0.05, 0.1) is 0 Å². The lowest BCUT2D eigenvalue weighted by atomic mass is 10.0. The van der Waals surface area contributed by atoms with E-state index in [9.17, 15) is 14.4 Å². The Bertz CT molecular complexity index is 1040. The molecule has 1 saturated heterocycles. The molecule has 136 valence electrons. The van der Waals surface area contributed by atoms with Gasteiger partial charge in [-0.25, -0.2) is 5.10 Å². The summed E-state index contributed by atoms with van der Waals surface area (Å²) < 4.78 is 0. The summed E-state index contributed by atoms with van der Waals surface area (Å²) in [5, 5.41) is 8.01. The van der Waals surface area contributed by atoms with E-state index in [2.05, 4.69) is 10.2 Å². The van der Waals surface area contributed by atoms with Crippen LogP contribution < -0.4 is 5.56 Å². The van der Waals surface area contributed by atoms with Crippen LogP contribution in [0.2, 0.25) is 0 Å². The molecule has 1 aliphatic heterocycles. The van der Waals surface area contributed by atoms with Gasteiger partial charge < -0.3 is 9.80 Å². The van der Waals surface area contributed by atoms with Gasteiger partial charge in [-0.3, -0.25) is 14.4 Å². The van der Waals surface area contributed by atoms with Gasteiger partial charge in [0.1, 0.15) is 5.69 Å². The number of hydrogen-bond acceptors (Lipinski definition) is 4. The lowest BCUT2D eigenvalue weighted by molar-refractivity contribution is 0.0532. The van der Waals surface area contributed by atoms with Crippen LogP contribution in [0.25, 0.3) is 10.8 Å². The number of carbonyl (C=O) groups is 2. The van der Waals surface area contributed by atoms with E-state index in [0.29, 0.717) is 31.7 Å². The zero-order valence-electron chi connectivity index (χ0n) is 14.6. The normalized spacial score (nSPS) is 14.4. The van der Waals surface area contributed by atoms with Crippen LogP contribution in [0.4, 0.5) is 0 Å². The van der Waals surface area contributed by atoms with Gasteiger partial charge in [0, 0.05) is 37.8 Å². The van der Waals surface area contributed by atoms with Crippen molar-refractivity contribution in [2.45, 2.75) is 0 Å². The first-order chi connectivity index (χ1) is 13.1. The average Bonchev–Trinajstić information content (AvgIpc) is 2.73. The zero-order chi connectivity index (χ0) is 18.8. The van der Waals surface area contributed by atoms with Crippen LogP contribution in [0.15, 0.2) is 59.4 Å². The van der Waals surface area contributed by atoms with Crippen molar-refractivity contribution >= 4 is 22.6 Å². The lowest BCUT2D eigenvalue weighted by Gasteiger charge is -2.34. The highest BCUT2D eigenvalue weighted by Crippen LogP contribution is 2.20. The molecule has 0 bridgehead atoms. The predicted molar refractivity (Wildman–Crippen MR) is 101 cm³/mol. The number of benzene rings is 2. The summed E-state index contributed by atoms with van der Waals surface area (Å²) in [5.41, 5.74) is 0.524. The molecule has 3 aromatic rings. The molecule has 2 aromatic carbocycles. The molecule has 1 aromatic heterocycles.